The Morgan fingerprint density at radius 2 is 1.96 bits per heavy atom. The van der Waals surface area contributed by atoms with E-state index in [1.54, 1.807) is 30.5 Å². The van der Waals surface area contributed by atoms with Gasteiger partial charge in [0.1, 0.15) is 5.69 Å². The zero-order valence-electron chi connectivity index (χ0n) is 13.0. The Bertz CT molecular complexity index is 1100. The first kappa shape index (κ1) is 17.9. The summed E-state index contributed by atoms with van der Waals surface area (Å²) in [4.78, 5) is 10.2. The summed E-state index contributed by atoms with van der Waals surface area (Å²) in [6, 6.07) is 10.4. The van der Waals surface area contributed by atoms with E-state index in [0.29, 0.717) is 16.4 Å². The molecule has 0 aliphatic carbocycles. The molecule has 3 rings (SSSR count). The molecule has 0 radical (unpaired) electrons. The van der Waals surface area contributed by atoms with Gasteiger partial charge in [-0.2, -0.15) is 5.10 Å². The number of sulfonamides is 1. The van der Waals surface area contributed by atoms with E-state index in [1.165, 1.54) is 23.0 Å². The molecular formula is C15H12ClN5O4S. The number of nitro groups is 1. The van der Waals surface area contributed by atoms with Gasteiger partial charge in [0.2, 0.25) is 10.0 Å². The molecule has 1 heterocycles. The van der Waals surface area contributed by atoms with Gasteiger partial charge in [-0.25, -0.2) is 18.2 Å². The summed E-state index contributed by atoms with van der Waals surface area (Å²) >= 11 is 6.12. The molecule has 11 heteroatoms. The number of rotatable bonds is 5. The molecule has 0 saturated carbocycles. The van der Waals surface area contributed by atoms with Crippen LogP contribution in [0.5, 0.6) is 0 Å². The second-order valence-corrected chi connectivity index (χ2v) is 7.20. The highest BCUT2D eigenvalue weighted by Crippen LogP contribution is 2.30. The monoisotopic (exact) mass is 393 g/mol. The van der Waals surface area contributed by atoms with Gasteiger partial charge in [-0.05, 0) is 24.3 Å². The van der Waals surface area contributed by atoms with Gasteiger partial charge in [0.05, 0.1) is 38.6 Å². The Kier molecular flexibility index (Phi) is 4.64. The van der Waals surface area contributed by atoms with Crippen LogP contribution in [-0.4, -0.2) is 23.1 Å². The molecule has 3 aromatic rings. The molecule has 3 N–H and O–H groups in total. The van der Waals surface area contributed by atoms with Crippen LogP contribution in [0.2, 0.25) is 5.02 Å². The van der Waals surface area contributed by atoms with Gasteiger partial charge in [-0.1, -0.05) is 23.7 Å². The third kappa shape index (κ3) is 3.67. The average Bonchev–Trinajstić information content (AvgIpc) is 3.02. The summed E-state index contributed by atoms with van der Waals surface area (Å²) in [7, 11) is -4.05. The van der Waals surface area contributed by atoms with Crippen LogP contribution in [0.25, 0.3) is 5.69 Å². The van der Waals surface area contributed by atoms with E-state index >= 15 is 0 Å². The van der Waals surface area contributed by atoms with Crippen LogP contribution in [-0.2, 0) is 10.0 Å². The van der Waals surface area contributed by atoms with Gasteiger partial charge >= 0.3 is 0 Å². The molecular weight excluding hydrogens is 382 g/mol. The summed E-state index contributed by atoms with van der Waals surface area (Å²) < 4.78 is 24.3. The number of nitro benzene ring substituents is 1. The number of nitrogens with two attached hydrogens (primary N) is 1. The highest BCUT2D eigenvalue weighted by Gasteiger charge is 2.19. The number of primary sulfonamides is 1. The number of anilines is 2. The van der Waals surface area contributed by atoms with Gasteiger partial charge in [-0.3, -0.25) is 10.1 Å². The van der Waals surface area contributed by atoms with Gasteiger partial charge in [0.15, 0.2) is 0 Å². The van der Waals surface area contributed by atoms with Crippen LogP contribution < -0.4 is 10.5 Å². The summed E-state index contributed by atoms with van der Waals surface area (Å²) in [5.41, 5.74) is 0.765. The maximum atomic E-state index is 11.4. The van der Waals surface area contributed by atoms with E-state index in [9.17, 15) is 18.5 Å². The zero-order chi connectivity index (χ0) is 18.9. The SMILES string of the molecule is NS(=O)(=O)c1ccc(Nc2cnn(-c3ccccc3Cl)c2)c([N+](=O)[O-])c1. The number of nitrogens with zero attached hydrogens (tertiary/aromatic N) is 3. The summed E-state index contributed by atoms with van der Waals surface area (Å²) in [5.74, 6) is 0. The minimum absolute atomic E-state index is 0.0982. The predicted molar refractivity (Wildman–Crippen MR) is 96.3 cm³/mol. The van der Waals surface area contributed by atoms with Crippen LogP contribution in [0.15, 0.2) is 59.8 Å². The molecule has 0 amide bonds. The molecule has 0 aliphatic heterocycles. The van der Waals surface area contributed by atoms with Crippen molar-refractivity contribution in [3.8, 4) is 5.69 Å². The van der Waals surface area contributed by atoms with E-state index < -0.39 is 20.6 Å². The largest absolute Gasteiger partial charge is 0.347 e. The first-order valence-electron chi connectivity index (χ1n) is 7.13. The van der Waals surface area contributed by atoms with E-state index in [4.69, 9.17) is 16.7 Å². The first-order chi connectivity index (χ1) is 12.3. The number of benzene rings is 2. The molecule has 0 saturated heterocycles. The van der Waals surface area contributed by atoms with Crippen molar-refractivity contribution in [1.82, 2.24) is 9.78 Å². The van der Waals surface area contributed by atoms with E-state index in [2.05, 4.69) is 10.4 Å². The number of nitrogens with one attached hydrogen (secondary N) is 1. The smallest absolute Gasteiger partial charge is 0.294 e. The van der Waals surface area contributed by atoms with Gasteiger partial charge < -0.3 is 5.32 Å². The van der Waals surface area contributed by atoms with Crippen molar-refractivity contribution in [2.24, 2.45) is 5.14 Å². The molecule has 26 heavy (non-hydrogen) atoms. The topological polar surface area (TPSA) is 133 Å². The molecule has 0 bridgehead atoms. The van der Waals surface area contributed by atoms with E-state index in [-0.39, 0.29) is 10.6 Å². The molecule has 0 spiro atoms. The molecule has 1 aromatic heterocycles. The van der Waals surface area contributed by atoms with Crippen molar-refractivity contribution in [3.63, 3.8) is 0 Å². The van der Waals surface area contributed by atoms with Crippen molar-refractivity contribution >= 4 is 38.7 Å². The number of hydrogen-bond donors (Lipinski definition) is 2. The number of hydrogen-bond acceptors (Lipinski definition) is 6. The molecule has 134 valence electrons. The normalized spacial score (nSPS) is 11.3. The van der Waals surface area contributed by atoms with Crippen LogP contribution in [0.3, 0.4) is 0 Å². The fraction of sp³-hybridized carbons (Fsp3) is 0. The van der Waals surface area contributed by atoms with Crippen LogP contribution in [0.1, 0.15) is 0 Å². The molecule has 0 atom stereocenters. The molecule has 0 unspecified atom stereocenters. The van der Waals surface area contributed by atoms with Crippen LogP contribution in [0.4, 0.5) is 17.1 Å². The fourth-order valence-electron chi connectivity index (χ4n) is 2.26. The highest BCUT2D eigenvalue weighted by molar-refractivity contribution is 7.89. The van der Waals surface area contributed by atoms with Crippen molar-refractivity contribution in [3.05, 3.63) is 70.0 Å². The minimum atomic E-state index is -4.05. The zero-order valence-corrected chi connectivity index (χ0v) is 14.6. The average molecular weight is 394 g/mol. The Morgan fingerprint density at radius 3 is 2.62 bits per heavy atom. The van der Waals surface area contributed by atoms with E-state index in [0.717, 1.165) is 6.07 Å². The molecule has 2 aromatic carbocycles. The Morgan fingerprint density at radius 1 is 1.23 bits per heavy atom. The van der Waals surface area contributed by atoms with Crippen molar-refractivity contribution in [1.29, 1.82) is 0 Å². The highest BCUT2D eigenvalue weighted by atomic mass is 35.5. The fourth-order valence-corrected chi connectivity index (χ4v) is 3.01. The third-order valence-electron chi connectivity index (χ3n) is 3.46. The predicted octanol–water partition coefficient (Wildman–Crippen LogP) is 2.82. The lowest BCUT2D eigenvalue weighted by Crippen LogP contribution is -2.12. The number of halogens is 1. The Labute approximate surface area is 153 Å². The molecule has 0 aliphatic rings. The van der Waals surface area contributed by atoms with Crippen molar-refractivity contribution < 1.29 is 13.3 Å². The first-order valence-corrected chi connectivity index (χ1v) is 9.06. The summed E-state index contributed by atoms with van der Waals surface area (Å²) in [6.07, 6.45) is 3.05. The molecule has 0 fully saturated rings. The van der Waals surface area contributed by atoms with E-state index in [1.807, 2.05) is 0 Å². The van der Waals surface area contributed by atoms with Gasteiger partial charge in [-0.15, -0.1) is 0 Å². The van der Waals surface area contributed by atoms with Crippen LogP contribution in [0, 0.1) is 10.1 Å². The lowest BCUT2D eigenvalue weighted by molar-refractivity contribution is -0.384. The van der Waals surface area contributed by atoms with Gasteiger partial charge in [0, 0.05) is 6.07 Å². The van der Waals surface area contributed by atoms with Crippen LogP contribution >= 0.6 is 11.6 Å². The standard InChI is InChI=1S/C15H12ClN5O4S/c16-12-3-1-2-4-14(12)20-9-10(8-18-20)19-13-6-5-11(26(17,24)25)7-15(13)21(22)23/h1-9,19H,(H2,17,24,25). The maximum Gasteiger partial charge on any atom is 0.294 e. The number of aromatic nitrogens is 2. The molecule has 9 nitrogen and oxygen atoms in total. The lowest BCUT2D eigenvalue weighted by Gasteiger charge is -2.06. The minimum Gasteiger partial charge on any atom is -0.347 e. The second kappa shape index (κ2) is 6.75. The lowest BCUT2D eigenvalue weighted by atomic mass is 10.2. The summed E-state index contributed by atoms with van der Waals surface area (Å²) in [6.45, 7) is 0. The maximum absolute atomic E-state index is 11.4. The van der Waals surface area contributed by atoms with Gasteiger partial charge in [0.25, 0.3) is 5.69 Å². The van der Waals surface area contributed by atoms with Crippen molar-refractivity contribution in [2.45, 2.75) is 4.90 Å². The summed E-state index contributed by atoms with van der Waals surface area (Å²) in [5, 5.41) is 23.8. The Hall–Kier alpha value is -2.95. The third-order valence-corrected chi connectivity index (χ3v) is 4.69. The van der Waals surface area contributed by atoms with Crippen molar-refractivity contribution in [2.75, 3.05) is 5.32 Å². The second-order valence-electron chi connectivity index (χ2n) is 5.23. The Balaban J connectivity index is 1.95. The quantitative estimate of drug-likeness (QED) is 0.505. The number of para-hydroxylation sites is 1.